The van der Waals surface area contributed by atoms with Crippen LogP contribution in [0, 0.1) is 6.92 Å². The number of aryl methyl sites for hydroxylation is 1. The Morgan fingerprint density at radius 1 is 0.917 bits per heavy atom. The summed E-state index contributed by atoms with van der Waals surface area (Å²) < 4.78 is 11.5. The lowest BCUT2D eigenvalue weighted by Crippen LogP contribution is -1.98. The summed E-state index contributed by atoms with van der Waals surface area (Å²) in [6.45, 7) is 2.37. The number of nitrogens with zero attached hydrogens (tertiary/aromatic N) is 2. The molecule has 5 heteroatoms. The molecular weight excluding hydrogens is 302 g/mol. The van der Waals surface area contributed by atoms with Gasteiger partial charge in [0.25, 0.3) is 0 Å². The Balaban J connectivity index is 1.63. The van der Waals surface area contributed by atoms with Gasteiger partial charge in [0.05, 0.1) is 0 Å². The molecule has 0 atom stereocenters. The predicted octanol–water partition coefficient (Wildman–Crippen LogP) is 4.20. The summed E-state index contributed by atoms with van der Waals surface area (Å²) in [5.41, 5.74) is 1.13. The largest absolute Gasteiger partial charge is 0.489 e. The van der Waals surface area contributed by atoms with Gasteiger partial charge in [0, 0.05) is 13.1 Å². The average Bonchev–Trinajstić information content (AvgIpc) is 2.61. The lowest BCUT2D eigenvalue weighted by molar-refractivity contribution is 0.305. The van der Waals surface area contributed by atoms with Crippen molar-refractivity contribution in [3.8, 4) is 17.4 Å². The SMILES string of the molecule is CNc1cc(Oc2ccc(OCc3ccccc3)cc2)nc(C)n1. The molecule has 0 aliphatic heterocycles. The summed E-state index contributed by atoms with van der Waals surface area (Å²) in [5.74, 6) is 3.37. The molecule has 0 fully saturated rings. The molecule has 1 aromatic heterocycles. The van der Waals surface area contributed by atoms with Gasteiger partial charge in [-0.2, -0.15) is 4.98 Å². The first-order valence-electron chi connectivity index (χ1n) is 7.71. The van der Waals surface area contributed by atoms with Crippen molar-refractivity contribution in [1.29, 1.82) is 0 Å². The van der Waals surface area contributed by atoms with Gasteiger partial charge in [0.15, 0.2) is 0 Å². The minimum absolute atomic E-state index is 0.504. The Kier molecular flexibility index (Phi) is 4.91. The van der Waals surface area contributed by atoms with E-state index in [1.54, 1.807) is 6.07 Å². The van der Waals surface area contributed by atoms with Crippen LogP contribution in [-0.2, 0) is 6.61 Å². The van der Waals surface area contributed by atoms with E-state index in [0.717, 1.165) is 17.1 Å². The van der Waals surface area contributed by atoms with Gasteiger partial charge in [-0.3, -0.25) is 0 Å². The lowest BCUT2D eigenvalue weighted by Gasteiger charge is -2.09. The van der Waals surface area contributed by atoms with Crippen LogP contribution in [0.4, 0.5) is 5.82 Å². The molecule has 0 aliphatic rings. The van der Waals surface area contributed by atoms with Gasteiger partial charge >= 0.3 is 0 Å². The summed E-state index contributed by atoms with van der Waals surface area (Å²) in [6.07, 6.45) is 0. The molecule has 5 nitrogen and oxygen atoms in total. The van der Waals surface area contributed by atoms with E-state index in [9.17, 15) is 0 Å². The minimum atomic E-state index is 0.504. The van der Waals surface area contributed by atoms with Gasteiger partial charge in [-0.25, -0.2) is 4.98 Å². The van der Waals surface area contributed by atoms with Crippen molar-refractivity contribution < 1.29 is 9.47 Å². The van der Waals surface area contributed by atoms with Gasteiger partial charge in [-0.05, 0) is 36.8 Å². The number of anilines is 1. The molecule has 2 aromatic carbocycles. The molecule has 0 spiro atoms. The van der Waals surface area contributed by atoms with Crippen LogP contribution in [0.1, 0.15) is 11.4 Å². The molecule has 0 amide bonds. The third-order valence-corrected chi connectivity index (χ3v) is 3.37. The maximum atomic E-state index is 5.77. The summed E-state index contributed by atoms with van der Waals surface area (Å²) in [6, 6.07) is 19.3. The molecule has 1 heterocycles. The van der Waals surface area contributed by atoms with Crippen molar-refractivity contribution in [3.63, 3.8) is 0 Å². The predicted molar refractivity (Wildman–Crippen MR) is 93.6 cm³/mol. The van der Waals surface area contributed by atoms with Crippen LogP contribution >= 0.6 is 0 Å². The van der Waals surface area contributed by atoms with E-state index in [2.05, 4.69) is 15.3 Å². The molecule has 0 saturated heterocycles. The number of hydrogen-bond acceptors (Lipinski definition) is 5. The summed E-state index contributed by atoms with van der Waals surface area (Å²) >= 11 is 0. The quantitative estimate of drug-likeness (QED) is 0.737. The molecule has 3 rings (SSSR count). The molecular formula is C19H19N3O2. The normalized spacial score (nSPS) is 10.2. The molecule has 0 radical (unpaired) electrons. The molecule has 0 aliphatic carbocycles. The lowest BCUT2D eigenvalue weighted by atomic mass is 10.2. The smallest absolute Gasteiger partial charge is 0.224 e. The fourth-order valence-corrected chi connectivity index (χ4v) is 2.19. The Bertz CT molecular complexity index is 789. The van der Waals surface area contributed by atoms with Gasteiger partial charge in [0.2, 0.25) is 5.88 Å². The third-order valence-electron chi connectivity index (χ3n) is 3.37. The third kappa shape index (κ3) is 4.23. The van der Waals surface area contributed by atoms with E-state index < -0.39 is 0 Å². The molecule has 24 heavy (non-hydrogen) atoms. The first-order chi connectivity index (χ1) is 11.7. The van der Waals surface area contributed by atoms with Gasteiger partial charge in [-0.1, -0.05) is 30.3 Å². The topological polar surface area (TPSA) is 56.3 Å². The molecule has 1 N–H and O–H groups in total. The molecule has 3 aromatic rings. The Morgan fingerprint density at radius 3 is 2.33 bits per heavy atom. The molecule has 0 bridgehead atoms. The molecule has 0 saturated carbocycles. The summed E-state index contributed by atoms with van der Waals surface area (Å²) in [4.78, 5) is 8.51. The maximum Gasteiger partial charge on any atom is 0.224 e. The molecule has 0 unspecified atom stereocenters. The van der Waals surface area contributed by atoms with Gasteiger partial charge in [-0.15, -0.1) is 0 Å². The fourth-order valence-electron chi connectivity index (χ4n) is 2.19. The second kappa shape index (κ2) is 7.46. The highest BCUT2D eigenvalue weighted by atomic mass is 16.5. The van der Waals surface area contributed by atoms with E-state index >= 15 is 0 Å². The van der Waals surface area contributed by atoms with Crippen LogP contribution in [-0.4, -0.2) is 17.0 Å². The van der Waals surface area contributed by atoms with Crippen LogP contribution in [0.5, 0.6) is 17.4 Å². The number of ether oxygens (including phenoxy) is 2. The average molecular weight is 321 g/mol. The highest BCUT2D eigenvalue weighted by Crippen LogP contribution is 2.24. The number of rotatable bonds is 6. The zero-order valence-electron chi connectivity index (χ0n) is 13.7. The Morgan fingerprint density at radius 2 is 1.62 bits per heavy atom. The summed E-state index contributed by atoms with van der Waals surface area (Å²) in [5, 5.41) is 2.98. The highest BCUT2D eigenvalue weighted by molar-refractivity contribution is 5.40. The van der Waals surface area contributed by atoms with Crippen LogP contribution in [0.2, 0.25) is 0 Å². The van der Waals surface area contributed by atoms with Crippen molar-refractivity contribution in [2.24, 2.45) is 0 Å². The molecule has 122 valence electrons. The second-order valence-corrected chi connectivity index (χ2v) is 5.24. The number of nitrogens with one attached hydrogen (secondary N) is 1. The standard InChI is InChI=1S/C19H19N3O2/c1-14-21-18(20-2)12-19(22-14)24-17-10-8-16(9-11-17)23-13-15-6-4-3-5-7-15/h3-12H,13H2,1-2H3,(H,20,21,22). The number of aromatic nitrogens is 2. The van der Waals surface area contributed by atoms with E-state index in [0.29, 0.717) is 24.1 Å². The zero-order valence-corrected chi connectivity index (χ0v) is 13.7. The van der Waals surface area contributed by atoms with Crippen LogP contribution in [0.15, 0.2) is 60.7 Å². The minimum Gasteiger partial charge on any atom is -0.489 e. The van der Waals surface area contributed by atoms with Crippen molar-refractivity contribution in [2.75, 3.05) is 12.4 Å². The first kappa shape index (κ1) is 15.8. The van der Waals surface area contributed by atoms with Crippen molar-refractivity contribution in [1.82, 2.24) is 9.97 Å². The van der Waals surface area contributed by atoms with E-state index in [4.69, 9.17) is 9.47 Å². The zero-order chi connectivity index (χ0) is 16.8. The Hall–Kier alpha value is -3.08. The second-order valence-electron chi connectivity index (χ2n) is 5.24. The van der Waals surface area contributed by atoms with Crippen LogP contribution in [0.25, 0.3) is 0 Å². The number of hydrogen-bond donors (Lipinski definition) is 1. The van der Waals surface area contributed by atoms with Gasteiger partial charge in [0.1, 0.15) is 29.7 Å². The maximum absolute atomic E-state index is 5.77. The summed E-state index contributed by atoms with van der Waals surface area (Å²) in [7, 11) is 1.81. The van der Waals surface area contributed by atoms with Gasteiger partial charge < -0.3 is 14.8 Å². The monoisotopic (exact) mass is 321 g/mol. The van der Waals surface area contributed by atoms with E-state index in [1.807, 2.05) is 68.6 Å². The van der Waals surface area contributed by atoms with Crippen molar-refractivity contribution in [2.45, 2.75) is 13.5 Å². The van der Waals surface area contributed by atoms with Crippen molar-refractivity contribution >= 4 is 5.82 Å². The van der Waals surface area contributed by atoms with Crippen LogP contribution in [0.3, 0.4) is 0 Å². The Labute approximate surface area is 141 Å². The van der Waals surface area contributed by atoms with Crippen molar-refractivity contribution in [3.05, 3.63) is 72.1 Å². The van der Waals surface area contributed by atoms with E-state index in [1.165, 1.54) is 0 Å². The fraction of sp³-hybridized carbons (Fsp3) is 0.158. The first-order valence-corrected chi connectivity index (χ1v) is 7.71. The van der Waals surface area contributed by atoms with Crippen LogP contribution < -0.4 is 14.8 Å². The van der Waals surface area contributed by atoms with E-state index in [-0.39, 0.29) is 0 Å². The number of benzene rings is 2. The highest BCUT2D eigenvalue weighted by Gasteiger charge is 2.04.